The Labute approximate surface area is 521 Å². The van der Waals surface area contributed by atoms with Gasteiger partial charge in [-0.25, -0.2) is 19.7 Å². The number of aromatic nitrogens is 6. The highest BCUT2D eigenvalue weighted by Crippen LogP contribution is 2.20. The van der Waals surface area contributed by atoms with Gasteiger partial charge in [-0.15, -0.1) is 0 Å². The van der Waals surface area contributed by atoms with Crippen LogP contribution in [0.1, 0.15) is 73.7 Å². The van der Waals surface area contributed by atoms with Crippen LogP contribution in [0.2, 0.25) is 0 Å². The number of aliphatic hydroxyl groups excluding tert-OH is 1. The number of rotatable bonds is 36. The Morgan fingerprint density at radius 3 is 1.38 bits per heavy atom. The number of carboxylic acids is 2. The van der Waals surface area contributed by atoms with Crippen molar-refractivity contribution < 1.29 is 68.1 Å². The van der Waals surface area contributed by atoms with E-state index in [2.05, 4.69) is 77.4 Å². The van der Waals surface area contributed by atoms with Crippen LogP contribution in [-0.4, -0.2) is 201 Å². The number of nitrogens with one attached hydrogen (secondary N) is 11. The highest BCUT2D eigenvalue weighted by atomic mass is 16.4. The third-order valence-electron chi connectivity index (χ3n) is 14.6. The first-order valence-electron chi connectivity index (χ1n) is 29.2. The summed E-state index contributed by atoms with van der Waals surface area (Å²) in [5.41, 5.74) is 19.0. The number of aromatic amines is 3. The van der Waals surface area contributed by atoms with Gasteiger partial charge in [0, 0.05) is 87.3 Å². The molecule has 0 bridgehead atoms. The normalized spacial score (nSPS) is 15.7. The summed E-state index contributed by atoms with van der Waals surface area (Å²) in [7, 11) is 0. The SMILES string of the molecule is C[C@H](N)C(=O)N[C@@H](CO)C(=O)N1CCC[C@H]1C(=O)N[C@@H](Cc1ccccc1)C(=O)N[C@@H](Cc1cnc[nH]1)C(=O)N[C@@H](CCC(=O)O)C(=O)N[C@@H](CCCN=C(N)N)C(=O)N[C@@H](Cc1cnc[nH]1)C(=O)N[C@@H](Cc1ccccc1)C(=O)N[C@@H](Cc1cnc[nH]1)C(=O)O. The van der Waals surface area contributed by atoms with Crippen molar-refractivity contribution >= 4 is 71.1 Å². The second-order valence-corrected chi connectivity index (χ2v) is 21.6. The van der Waals surface area contributed by atoms with E-state index in [0.29, 0.717) is 34.6 Å². The molecular formula is C58H77N19O14. The van der Waals surface area contributed by atoms with E-state index in [1.165, 1.54) is 49.4 Å². The second-order valence-electron chi connectivity index (χ2n) is 21.6. The van der Waals surface area contributed by atoms with Gasteiger partial charge in [-0.1, -0.05) is 60.7 Å². The largest absolute Gasteiger partial charge is 0.481 e. The zero-order valence-corrected chi connectivity index (χ0v) is 49.7. The number of nitrogens with two attached hydrogens (primary N) is 3. The van der Waals surface area contributed by atoms with Crippen molar-refractivity contribution in [1.82, 2.24) is 77.3 Å². The van der Waals surface area contributed by atoms with Gasteiger partial charge >= 0.3 is 11.9 Å². The molecule has 0 unspecified atom stereocenters. The lowest BCUT2D eigenvalue weighted by atomic mass is 10.0. The summed E-state index contributed by atoms with van der Waals surface area (Å²) in [6.07, 6.45) is 6.00. The van der Waals surface area contributed by atoms with Crippen LogP contribution in [0, 0.1) is 0 Å². The first-order chi connectivity index (χ1) is 43.6. The Bertz CT molecular complexity index is 3260. The van der Waals surface area contributed by atoms with Gasteiger partial charge in [-0.2, -0.15) is 0 Å². The fourth-order valence-corrected chi connectivity index (χ4v) is 9.79. The monoisotopic (exact) mass is 1260 g/mol. The Morgan fingerprint density at radius 2 is 0.967 bits per heavy atom. The van der Waals surface area contributed by atoms with Gasteiger partial charge in [-0.05, 0) is 50.2 Å². The molecule has 3 aromatic heterocycles. The molecule has 9 amide bonds. The van der Waals surface area contributed by atoms with Crippen LogP contribution in [0.3, 0.4) is 0 Å². The first-order valence-corrected chi connectivity index (χ1v) is 29.2. The fourth-order valence-electron chi connectivity index (χ4n) is 9.79. The molecule has 33 heteroatoms. The van der Waals surface area contributed by atoms with Crippen LogP contribution in [0.15, 0.2) is 103 Å². The number of aliphatic imine (C=N–C) groups is 1. The van der Waals surface area contributed by atoms with Crippen LogP contribution in [0.25, 0.3) is 0 Å². The number of aliphatic hydroxyl groups is 1. The maximum absolute atomic E-state index is 14.7. The number of H-pyrrole nitrogens is 3. The molecular weight excluding hydrogens is 1190 g/mol. The number of imidazole rings is 3. The second kappa shape index (κ2) is 34.8. The van der Waals surface area contributed by atoms with Crippen molar-refractivity contribution in [3.05, 3.63) is 126 Å². The summed E-state index contributed by atoms with van der Waals surface area (Å²) < 4.78 is 0. The number of likely N-dealkylation sites (tertiary alicyclic amines) is 1. The molecule has 0 radical (unpaired) electrons. The van der Waals surface area contributed by atoms with Crippen molar-refractivity contribution in [3.63, 3.8) is 0 Å². The summed E-state index contributed by atoms with van der Waals surface area (Å²) in [6.45, 7) is 0.581. The van der Waals surface area contributed by atoms with E-state index in [0.717, 1.165) is 0 Å². The number of aliphatic carboxylic acids is 2. The van der Waals surface area contributed by atoms with Gasteiger partial charge < -0.3 is 94.9 Å². The summed E-state index contributed by atoms with van der Waals surface area (Å²) in [5, 5.41) is 50.6. The summed E-state index contributed by atoms with van der Waals surface area (Å²) in [6, 6.07) is 2.55. The molecule has 20 N–H and O–H groups in total. The molecule has 4 heterocycles. The van der Waals surface area contributed by atoms with Gasteiger partial charge in [0.2, 0.25) is 53.2 Å². The third kappa shape index (κ3) is 22.2. The number of amides is 9. The van der Waals surface area contributed by atoms with E-state index < -0.39 is 145 Å². The van der Waals surface area contributed by atoms with E-state index in [1.54, 1.807) is 60.7 Å². The number of hydrogen-bond acceptors (Lipinski definition) is 17. The number of carbonyl (C=O) groups is 11. The molecule has 488 valence electrons. The topological polar surface area (TPSA) is 524 Å². The molecule has 0 saturated carbocycles. The van der Waals surface area contributed by atoms with Crippen molar-refractivity contribution in [2.24, 2.45) is 22.2 Å². The Morgan fingerprint density at radius 1 is 0.560 bits per heavy atom. The minimum atomic E-state index is -1.74. The standard InChI is InChI=1S/C58H77N19O14/c1-32(59)48(81)76-45(28-78)56(89)77-19-9-15-46(77)55(88)74-41(21-34-12-6-3-7-13-34)51(84)73-42(22-35-25-62-29-66-35)53(86)70-39(16-17-47(79)80)50(83)69-38(14-8-18-65-58(60)61)49(82)72-43(23-36-26-63-30-67-36)54(87)71-40(20-33-10-4-2-5-11-33)52(85)75-44(57(90)91)24-37-27-64-31-68-37/h2-7,10-13,25-27,29-32,38-46,78H,8-9,14-24,28,59H2,1H3,(H,62,66)(H,63,67)(H,64,68)(H,69,83)(H,70,86)(H,71,87)(H,72,82)(H,73,84)(H,74,88)(H,75,85)(H,76,81)(H,79,80)(H,90,91)(H4,60,61,65)/t32-,38-,39-,40-,41-,42-,43-,44-,45-,46-/m0/s1. The molecule has 10 atom stereocenters. The average molecular weight is 1260 g/mol. The van der Waals surface area contributed by atoms with Crippen LogP contribution in [-0.2, 0) is 84.8 Å². The zero-order valence-electron chi connectivity index (χ0n) is 49.7. The van der Waals surface area contributed by atoms with Gasteiger partial charge in [0.25, 0.3) is 0 Å². The number of benzene rings is 2. The fraction of sp³-hybridized carbons (Fsp3) is 0.431. The minimum Gasteiger partial charge on any atom is -0.481 e. The molecule has 1 fully saturated rings. The highest BCUT2D eigenvalue weighted by molar-refractivity contribution is 5.99. The predicted octanol–water partition coefficient (Wildman–Crippen LogP) is -4.42. The smallest absolute Gasteiger partial charge is 0.326 e. The van der Waals surface area contributed by atoms with Crippen molar-refractivity contribution in [3.8, 4) is 0 Å². The zero-order chi connectivity index (χ0) is 66.0. The molecule has 0 aliphatic carbocycles. The van der Waals surface area contributed by atoms with E-state index >= 15 is 0 Å². The lowest BCUT2D eigenvalue weighted by molar-refractivity contribution is -0.143. The Hall–Kier alpha value is -10.6. The number of nitrogens with zero attached hydrogens (tertiary/aromatic N) is 5. The number of carbonyl (C=O) groups excluding carboxylic acids is 9. The maximum Gasteiger partial charge on any atom is 0.326 e. The van der Waals surface area contributed by atoms with E-state index in [9.17, 15) is 68.1 Å². The molecule has 6 rings (SSSR count). The number of carboxylic acid groups (broad SMARTS) is 2. The molecule has 0 spiro atoms. The van der Waals surface area contributed by atoms with Gasteiger partial charge in [-0.3, -0.25) is 52.9 Å². The average Bonchev–Trinajstić information content (AvgIpc) is 2.11. The maximum atomic E-state index is 14.7. The quantitative estimate of drug-likeness (QED) is 0.0102. The molecule has 1 aliphatic rings. The van der Waals surface area contributed by atoms with Crippen LogP contribution >= 0.6 is 0 Å². The van der Waals surface area contributed by atoms with E-state index in [-0.39, 0.29) is 70.4 Å². The molecule has 1 aliphatic heterocycles. The minimum absolute atomic E-state index is 0.0199. The van der Waals surface area contributed by atoms with Gasteiger partial charge in [0.1, 0.15) is 54.4 Å². The molecule has 5 aromatic rings. The van der Waals surface area contributed by atoms with Crippen molar-refractivity contribution in [2.75, 3.05) is 19.7 Å². The van der Waals surface area contributed by atoms with Crippen LogP contribution < -0.4 is 59.7 Å². The Kier molecular flexibility index (Phi) is 26.6. The van der Waals surface area contributed by atoms with Crippen LogP contribution in [0.5, 0.6) is 0 Å². The van der Waals surface area contributed by atoms with E-state index in [1.807, 2.05) is 0 Å². The number of guanidine groups is 1. The van der Waals surface area contributed by atoms with Crippen molar-refractivity contribution in [1.29, 1.82) is 0 Å². The third-order valence-corrected chi connectivity index (χ3v) is 14.6. The highest BCUT2D eigenvalue weighted by Gasteiger charge is 2.40. The first kappa shape index (κ1) is 69.5. The molecule has 33 nitrogen and oxygen atoms in total. The molecule has 91 heavy (non-hydrogen) atoms. The number of hydrogen-bond donors (Lipinski definition) is 17. The predicted molar refractivity (Wildman–Crippen MR) is 322 cm³/mol. The molecule has 1 saturated heterocycles. The van der Waals surface area contributed by atoms with Crippen molar-refractivity contribution in [2.45, 2.75) is 138 Å². The summed E-state index contributed by atoms with van der Waals surface area (Å²) in [5.74, 6) is -11.2. The lowest BCUT2D eigenvalue weighted by Crippen LogP contribution is -2.61. The van der Waals surface area contributed by atoms with Crippen LogP contribution in [0.4, 0.5) is 0 Å². The van der Waals surface area contributed by atoms with Gasteiger partial charge in [0.15, 0.2) is 5.96 Å². The Balaban J connectivity index is 1.25. The summed E-state index contributed by atoms with van der Waals surface area (Å²) in [4.78, 5) is 178. The summed E-state index contributed by atoms with van der Waals surface area (Å²) >= 11 is 0. The van der Waals surface area contributed by atoms with E-state index in [4.69, 9.17) is 17.2 Å². The lowest BCUT2D eigenvalue weighted by Gasteiger charge is -2.30. The molecule has 2 aromatic carbocycles. The van der Waals surface area contributed by atoms with Gasteiger partial charge in [0.05, 0.1) is 31.6 Å².